The number of aryl methyl sites for hydroxylation is 1. The lowest BCUT2D eigenvalue weighted by Crippen LogP contribution is -2.10. The second-order valence-corrected chi connectivity index (χ2v) is 5.72. The average molecular weight is 240 g/mol. The Kier molecular flexibility index (Phi) is 3.12. The molecule has 1 aromatic carbocycles. The molecule has 2 nitrogen and oxygen atoms in total. The summed E-state index contributed by atoms with van der Waals surface area (Å²) in [4.78, 5) is 4.38. The van der Waals surface area contributed by atoms with Gasteiger partial charge in [-0.2, -0.15) is 0 Å². The Morgan fingerprint density at radius 1 is 1.00 bits per heavy atom. The van der Waals surface area contributed by atoms with Crippen molar-refractivity contribution in [2.75, 3.05) is 5.73 Å². The van der Waals surface area contributed by atoms with Crippen LogP contribution in [0.1, 0.15) is 31.9 Å². The van der Waals surface area contributed by atoms with Gasteiger partial charge < -0.3 is 5.73 Å². The molecule has 2 heteroatoms. The van der Waals surface area contributed by atoms with Crippen LogP contribution < -0.4 is 5.73 Å². The van der Waals surface area contributed by atoms with Gasteiger partial charge in [-0.15, -0.1) is 0 Å². The fraction of sp³-hybridized carbons (Fsp3) is 0.312. The van der Waals surface area contributed by atoms with Crippen LogP contribution in [-0.2, 0) is 5.41 Å². The van der Waals surface area contributed by atoms with Crippen LogP contribution in [0.5, 0.6) is 0 Å². The summed E-state index contributed by atoms with van der Waals surface area (Å²) in [6, 6.07) is 10.4. The van der Waals surface area contributed by atoms with Gasteiger partial charge in [-0.3, -0.25) is 4.98 Å². The Balaban J connectivity index is 2.44. The van der Waals surface area contributed by atoms with E-state index in [9.17, 15) is 0 Å². The molecule has 2 N–H and O–H groups in total. The van der Waals surface area contributed by atoms with Crippen molar-refractivity contribution in [1.29, 1.82) is 0 Å². The number of hydrogen-bond donors (Lipinski definition) is 1. The second kappa shape index (κ2) is 4.45. The molecule has 0 atom stereocenters. The minimum Gasteiger partial charge on any atom is -0.397 e. The number of nitrogens with zero attached hydrogens (tertiary/aromatic N) is 1. The summed E-state index contributed by atoms with van der Waals surface area (Å²) in [5.74, 6) is 0. The molecule has 0 amide bonds. The van der Waals surface area contributed by atoms with Crippen LogP contribution in [0.4, 0.5) is 5.69 Å². The molecule has 0 unspecified atom stereocenters. The lowest BCUT2D eigenvalue weighted by molar-refractivity contribution is 0.590. The molecule has 1 heterocycles. The number of nitrogen functional groups attached to an aromatic ring is 1. The van der Waals surface area contributed by atoms with E-state index in [0.29, 0.717) is 0 Å². The van der Waals surface area contributed by atoms with Gasteiger partial charge in [-0.1, -0.05) is 45.0 Å². The van der Waals surface area contributed by atoms with Crippen LogP contribution >= 0.6 is 0 Å². The van der Waals surface area contributed by atoms with Crippen molar-refractivity contribution >= 4 is 5.69 Å². The largest absolute Gasteiger partial charge is 0.397 e. The quantitative estimate of drug-likeness (QED) is 0.820. The van der Waals surface area contributed by atoms with E-state index in [4.69, 9.17) is 5.73 Å². The first-order chi connectivity index (χ1) is 8.39. The molecule has 0 aliphatic carbocycles. The second-order valence-electron chi connectivity index (χ2n) is 5.72. The summed E-state index contributed by atoms with van der Waals surface area (Å²) in [5.41, 5.74) is 11.3. The fourth-order valence-corrected chi connectivity index (χ4v) is 1.93. The maximum absolute atomic E-state index is 6.08. The van der Waals surface area contributed by atoms with E-state index in [1.54, 1.807) is 6.20 Å². The number of hydrogen-bond acceptors (Lipinski definition) is 2. The van der Waals surface area contributed by atoms with E-state index >= 15 is 0 Å². The molecule has 0 radical (unpaired) electrons. The molecule has 18 heavy (non-hydrogen) atoms. The van der Waals surface area contributed by atoms with Gasteiger partial charge in [0.2, 0.25) is 0 Å². The third kappa shape index (κ3) is 2.37. The monoisotopic (exact) mass is 240 g/mol. The van der Waals surface area contributed by atoms with Gasteiger partial charge in [0.05, 0.1) is 11.4 Å². The van der Waals surface area contributed by atoms with E-state index in [1.807, 2.05) is 13.0 Å². The van der Waals surface area contributed by atoms with Gasteiger partial charge in [-0.25, -0.2) is 0 Å². The highest BCUT2D eigenvalue weighted by Gasteiger charge is 2.14. The molecule has 2 aromatic rings. The summed E-state index contributed by atoms with van der Waals surface area (Å²) in [5, 5.41) is 0. The molecule has 0 bridgehead atoms. The molecule has 0 fully saturated rings. The molecule has 0 saturated carbocycles. The van der Waals surface area contributed by atoms with E-state index in [2.05, 4.69) is 50.0 Å². The highest BCUT2D eigenvalue weighted by molar-refractivity contribution is 5.74. The van der Waals surface area contributed by atoms with Gasteiger partial charge in [0, 0.05) is 11.8 Å². The minimum absolute atomic E-state index is 0.171. The topological polar surface area (TPSA) is 38.9 Å². The van der Waals surface area contributed by atoms with Crippen molar-refractivity contribution in [3.05, 3.63) is 47.7 Å². The van der Waals surface area contributed by atoms with Gasteiger partial charge in [0.25, 0.3) is 0 Å². The van der Waals surface area contributed by atoms with E-state index in [0.717, 1.165) is 22.5 Å². The molecular formula is C16H20N2. The molecule has 0 saturated heterocycles. The maximum atomic E-state index is 6.08. The fourth-order valence-electron chi connectivity index (χ4n) is 1.93. The van der Waals surface area contributed by atoms with Gasteiger partial charge >= 0.3 is 0 Å². The minimum atomic E-state index is 0.171. The number of anilines is 1. The SMILES string of the molecule is Cc1ccnc(-c2ccc(C(C)(C)C)cc2)c1N. The predicted molar refractivity (Wildman–Crippen MR) is 77.5 cm³/mol. The highest BCUT2D eigenvalue weighted by atomic mass is 14.7. The Bertz CT molecular complexity index is 548. The summed E-state index contributed by atoms with van der Waals surface area (Å²) in [6.07, 6.45) is 1.80. The predicted octanol–water partition coefficient (Wildman–Crippen LogP) is 3.94. The first-order valence-corrected chi connectivity index (χ1v) is 6.21. The van der Waals surface area contributed by atoms with Crippen molar-refractivity contribution in [1.82, 2.24) is 4.98 Å². The summed E-state index contributed by atoms with van der Waals surface area (Å²) in [6.45, 7) is 8.63. The van der Waals surface area contributed by atoms with Crippen LogP contribution in [0.25, 0.3) is 11.3 Å². The molecule has 0 aliphatic rings. The number of benzene rings is 1. The number of rotatable bonds is 1. The van der Waals surface area contributed by atoms with Crippen LogP contribution in [-0.4, -0.2) is 4.98 Å². The number of nitrogens with two attached hydrogens (primary N) is 1. The lowest BCUT2D eigenvalue weighted by Gasteiger charge is -2.19. The Morgan fingerprint density at radius 3 is 2.17 bits per heavy atom. The van der Waals surface area contributed by atoms with Crippen molar-refractivity contribution in [3.63, 3.8) is 0 Å². The number of aromatic nitrogens is 1. The average Bonchev–Trinajstić information content (AvgIpc) is 2.32. The Morgan fingerprint density at radius 2 is 1.61 bits per heavy atom. The molecule has 2 rings (SSSR count). The maximum Gasteiger partial charge on any atom is 0.0933 e. The molecule has 0 aliphatic heterocycles. The van der Waals surface area contributed by atoms with Crippen LogP contribution in [0.3, 0.4) is 0 Å². The van der Waals surface area contributed by atoms with Crippen LogP contribution in [0.2, 0.25) is 0 Å². The Labute approximate surface area is 109 Å². The van der Waals surface area contributed by atoms with E-state index in [1.165, 1.54) is 5.56 Å². The normalized spacial score (nSPS) is 11.6. The van der Waals surface area contributed by atoms with Crippen molar-refractivity contribution in [2.45, 2.75) is 33.1 Å². The number of pyridine rings is 1. The van der Waals surface area contributed by atoms with Crippen molar-refractivity contribution < 1.29 is 0 Å². The molecular weight excluding hydrogens is 220 g/mol. The zero-order chi connectivity index (χ0) is 13.3. The van der Waals surface area contributed by atoms with Crippen LogP contribution in [0.15, 0.2) is 36.5 Å². The van der Waals surface area contributed by atoms with Gasteiger partial charge in [0.1, 0.15) is 0 Å². The van der Waals surface area contributed by atoms with Crippen molar-refractivity contribution in [2.24, 2.45) is 0 Å². The van der Waals surface area contributed by atoms with E-state index in [-0.39, 0.29) is 5.41 Å². The first kappa shape index (κ1) is 12.6. The standard InChI is InChI=1S/C16H20N2/c1-11-9-10-18-15(14(11)17)12-5-7-13(8-6-12)16(2,3)4/h5-10H,17H2,1-4H3. The van der Waals surface area contributed by atoms with Gasteiger partial charge in [-0.05, 0) is 29.5 Å². The zero-order valence-electron chi connectivity index (χ0n) is 11.5. The Hall–Kier alpha value is -1.83. The van der Waals surface area contributed by atoms with Gasteiger partial charge in [0.15, 0.2) is 0 Å². The highest BCUT2D eigenvalue weighted by Crippen LogP contribution is 2.28. The summed E-state index contributed by atoms with van der Waals surface area (Å²) >= 11 is 0. The smallest absolute Gasteiger partial charge is 0.0933 e. The van der Waals surface area contributed by atoms with E-state index < -0.39 is 0 Å². The zero-order valence-corrected chi connectivity index (χ0v) is 11.5. The first-order valence-electron chi connectivity index (χ1n) is 6.21. The molecule has 94 valence electrons. The molecule has 1 aromatic heterocycles. The third-order valence-electron chi connectivity index (χ3n) is 3.23. The van der Waals surface area contributed by atoms with Crippen LogP contribution in [0, 0.1) is 6.92 Å². The third-order valence-corrected chi connectivity index (χ3v) is 3.23. The summed E-state index contributed by atoms with van der Waals surface area (Å²) in [7, 11) is 0. The van der Waals surface area contributed by atoms with Crippen molar-refractivity contribution in [3.8, 4) is 11.3 Å². The lowest BCUT2D eigenvalue weighted by atomic mass is 9.86. The molecule has 0 spiro atoms. The summed E-state index contributed by atoms with van der Waals surface area (Å²) < 4.78 is 0.